The normalized spacial score (nSPS) is 24.3. The number of fused-ring (bicyclic) bond motifs is 1. The lowest BCUT2D eigenvalue weighted by molar-refractivity contribution is -0.132. The predicted octanol–water partition coefficient (Wildman–Crippen LogP) is 2.71. The summed E-state index contributed by atoms with van der Waals surface area (Å²) in [7, 11) is 0. The minimum atomic E-state index is -0.558. The number of hydrogen-bond acceptors (Lipinski definition) is 4. The summed E-state index contributed by atoms with van der Waals surface area (Å²) >= 11 is 1.38. The number of likely N-dealkylation sites (tertiary alicyclic amines) is 1. The summed E-state index contributed by atoms with van der Waals surface area (Å²) in [6.45, 7) is 1.47. The second-order valence-electron chi connectivity index (χ2n) is 7.60. The fourth-order valence-corrected chi connectivity index (χ4v) is 5.02. The number of benzene rings is 1. The van der Waals surface area contributed by atoms with Crippen LogP contribution in [-0.2, 0) is 11.2 Å². The number of halogens is 1. The summed E-state index contributed by atoms with van der Waals surface area (Å²) in [6, 6.07) is 13.1. The Kier molecular flexibility index (Phi) is 6.75. The molecule has 0 radical (unpaired) electrons. The number of nitrogens with zero attached hydrogens (tertiary/aromatic N) is 1. The van der Waals surface area contributed by atoms with E-state index < -0.39 is 6.04 Å². The van der Waals surface area contributed by atoms with Crippen molar-refractivity contribution in [2.24, 2.45) is 17.6 Å². The maximum absolute atomic E-state index is 13.3. The number of amides is 2. The molecule has 4 unspecified atom stereocenters. The molecule has 2 fully saturated rings. The first-order valence-corrected chi connectivity index (χ1v) is 10.4. The lowest BCUT2D eigenvalue weighted by Gasteiger charge is -2.25. The van der Waals surface area contributed by atoms with Crippen LogP contribution in [0.25, 0.3) is 0 Å². The maximum atomic E-state index is 13.3. The molecule has 1 aromatic carbocycles. The van der Waals surface area contributed by atoms with Gasteiger partial charge >= 0.3 is 0 Å². The van der Waals surface area contributed by atoms with Gasteiger partial charge < -0.3 is 16.0 Å². The van der Waals surface area contributed by atoms with Crippen LogP contribution in [0, 0.1) is 11.8 Å². The highest BCUT2D eigenvalue weighted by atomic mass is 35.5. The fraction of sp³-hybridized carbons (Fsp3) is 0.429. The van der Waals surface area contributed by atoms with E-state index in [1.54, 1.807) is 6.07 Å². The molecule has 1 saturated heterocycles. The molecule has 1 aliphatic carbocycles. The van der Waals surface area contributed by atoms with Gasteiger partial charge in [-0.15, -0.1) is 23.7 Å². The zero-order valence-electron chi connectivity index (χ0n) is 15.6. The smallest absolute Gasteiger partial charge is 0.262 e. The van der Waals surface area contributed by atoms with Crippen molar-refractivity contribution < 1.29 is 9.59 Å². The highest BCUT2D eigenvalue weighted by Crippen LogP contribution is 2.37. The van der Waals surface area contributed by atoms with E-state index >= 15 is 0 Å². The Morgan fingerprint density at radius 2 is 1.93 bits per heavy atom. The van der Waals surface area contributed by atoms with Gasteiger partial charge in [-0.2, -0.15) is 0 Å². The largest absolute Gasteiger partial charge is 0.340 e. The minimum absolute atomic E-state index is 0. The van der Waals surface area contributed by atoms with Crippen molar-refractivity contribution in [2.75, 3.05) is 13.1 Å². The number of carbonyl (C=O) groups excluding carboxylic acids is 2. The third-order valence-electron chi connectivity index (χ3n) is 5.86. The minimum Gasteiger partial charge on any atom is -0.340 e. The summed E-state index contributed by atoms with van der Waals surface area (Å²) in [5.41, 5.74) is 7.26. The standard InChI is InChI=1S/C21H25N3O2S.ClH/c22-17-9-8-15-12-24(13-16(15)17)21(26)18(11-14-5-2-1-3-6-14)23-20(25)19-7-4-10-27-19;/h1-7,10,15-18H,8-9,11-13,22H2,(H,23,25);1H. The van der Waals surface area contributed by atoms with Crippen LogP contribution in [0.4, 0.5) is 0 Å². The summed E-state index contributed by atoms with van der Waals surface area (Å²) in [4.78, 5) is 28.4. The molecular formula is C21H26ClN3O2S. The summed E-state index contributed by atoms with van der Waals surface area (Å²) < 4.78 is 0. The lowest BCUT2D eigenvalue weighted by atomic mass is 9.98. The highest BCUT2D eigenvalue weighted by Gasteiger charge is 2.43. The molecule has 1 saturated carbocycles. The van der Waals surface area contributed by atoms with Crippen molar-refractivity contribution in [3.8, 4) is 0 Å². The van der Waals surface area contributed by atoms with E-state index in [-0.39, 0.29) is 30.3 Å². The third kappa shape index (κ3) is 4.40. The van der Waals surface area contributed by atoms with Gasteiger partial charge in [0.15, 0.2) is 0 Å². The van der Waals surface area contributed by atoms with Crippen LogP contribution in [0.3, 0.4) is 0 Å². The summed E-state index contributed by atoms with van der Waals surface area (Å²) in [6.07, 6.45) is 2.65. The highest BCUT2D eigenvalue weighted by molar-refractivity contribution is 7.12. The van der Waals surface area contributed by atoms with Gasteiger partial charge in [0.1, 0.15) is 6.04 Å². The van der Waals surface area contributed by atoms with E-state index in [9.17, 15) is 9.59 Å². The molecule has 2 amide bonds. The number of nitrogens with two attached hydrogens (primary N) is 1. The van der Waals surface area contributed by atoms with Crippen LogP contribution in [0.2, 0.25) is 0 Å². The number of hydrogen-bond donors (Lipinski definition) is 2. The van der Waals surface area contributed by atoms with Crippen LogP contribution < -0.4 is 11.1 Å². The van der Waals surface area contributed by atoms with Crippen LogP contribution in [0.15, 0.2) is 47.8 Å². The first-order valence-electron chi connectivity index (χ1n) is 9.54. The number of nitrogens with one attached hydrogen (secondary N) is 1. The zero-order chi connectivity index (χ0) is 18.8. The monoisotopic (exact) mass is 419 g/mol. The van der Waals surface area contributed by atoms with Gasteiger partial charge in [-0.1, -0.05) is 36.4 Å². The molecule has 150 valence electrons. The van der Waals surface area contributed by atoms with Crippen LogP contribution >= 0.6 is 23.7 Å². The average molecular weight is 420 g/mol. The van der Waals surface area contributed by atoms with Crippen LogP contribution in [-0.4, -0.2) is 41.9 Å². The van der Waals surface area contributed by atoms with Gasteiger partial charge in [0.05, 0.1) is 4.88 Å². The molecule has 4 rings (SSSR count). The Balaban J connectivity index is 0.00000225. The second-order valence-corrected chi connectivity index (χ2v) is 8.55. The van der Waals surface area contributed by atoms with Gasteiger partial charge in [-0.25, -0.2) is 0 Å². The Bertz CT molecular complexity index is 799. The molecule has 2 heterocycles. The zero-order valence-corrected chi connectivity index (χ0v) is 17.3. The molecule has 4 atom stereocenters. The molecule has 28 heavy (non-hydrogen) atoms. The van der Waals surface area contributed by atoms with Crippen LogP contribution in [0.1, 0.15) is 28.1 Å². The van der Waals surface area contributed by atoms with E-state index in [1.165, 1.54) is 11.3 Å². The second kappa shape index (κ2) is 9.07. The number of rotatable bonds is 5. The van der Waals surface area contributed by atoms with Crippen molar-refractivity contribution >= 4 is 35.6 Å². The van der Waals surface area contributed by atoms with Gasteiger partial charge in [-0.05, 0) is 41.7 Å². The van der Waals surface area contributed by atoms with Gasteiger partial charge in [0, 0.05) is 25.6 Å². The van der Waals surface area contributed by atoms with Gasteiger partial charge in [0.25, 0.3) is 5.91 Å². The molecule has 5 nitrogen and oxygen atoms in total. The molecule has 0 bridgehead atoms. The van der Waals surface area contributed by atoms with Crippen LogP contribution in [0.5, 0.6) is 0 Å². The van der Waals surface area contributed by atoms with E-state index in [1.807, 2.05) is 46.7 Å². The van der Waals surface area contributed by atoms with E-state index in [0.717, 1.165) is 24.9 Å². The Morgan fingerprint density at radius 3 is 2.61 bits per heavy atom. The fourth-order valence-electron chi connectivity index (χ4n) is 4.39. The van der Waals surface area contributed by atoms with Crippen molar-refractivity contribution in [2.45, 2.75) is 31.3 Å². The molecule has 3 N–H and O–H groups in total. The quantitative estimate of drug-likeness (QED) is 0.782. The number of carbonyl (C=O) groups is 2. The van der Waals surface area contributed by atoms with Crippen molar-refractivity contribution in [3.63, 3.8) is 0 Å². The molecule has 2 aromatic rings. The third-order valence-corrected chi connectivity index (χ3v) is 6.72. The van der Waals surface area contributed by atoms with Crippen molar-refractivity contribution in [1.29, 1.82) is 0 Å². The molecule has 7 heteroatoms. The van der Waals surface area contributed by atoms with E-state index in [2.05, 4.69) is 5.32 Å². The topological polar surface area (TPSA) is 75.4 Å². The summed E-state index contributed by atoms with van der Waals surface area (Å²) in [5, 5.41) is 4.84. The number of thiophene rings is 1. The Morgan fingerprint density at radius 1 is 1.14 bits per heavy atom. The predicted molar refractivity (Wildman–Crippen MR) is 114 cm³/mol. The van der Waals surface area contributed by atoms with E-state index in [4.69, 9.17) is 5.73 Å². The van der Waals surface area contributed by atoms with Gasteiger partial charge in [-0.3, -0.25) is 9.59 Å². The Labute approximate surface area is 175 Å². The lowest BCUT2D eigenvalue weighted by Crippen LogP contribution is -2.49. The molecular weight excluding hydrogens is 394 g/mol. The first kappa shape index (κ1) is 20.8. The SMILES string of the molecule is Cl.NC1CCC2CN(C(=O)C(Cc3ccccc3)NC(=O)c3cccs3)CC12. The van der Waals surface area contributed by atoms with Crippen molar-refractivity contribution in [1.82, 2.24) is 10.2 Å². The molecule has 1 aliphatic heterocycles. The molecule has 0 spiro atoms. The molecule has 1 aromatic heterocycles. The Hall–Kier alpha value is -1.89. The van der Waals surface area contributed by atoms with E-state index in [0.29, 0.717) is 29.7 Å². The van der Waals surface area contributed by atoms with Crippen molar-refractivity contribution in [3.05, 3.63) is 58.3 Å². The maximum Gasteiger partial charge on any atom is 0.262 e. The molecule has 2 aliphatic rings. The average Bonchev–Trinajstić information content (AvgIpc) is 3.40. The first-order chi connectivity index (χ1) is 13.1. The summed E-state index contributed by atoms with van der Waals surface area (Å²) in [5.74, 6) is 0.731. The van der Waals surface area contributed by atoms with Gasteiger partial charge in [0.2, 0.25) is 5.91 Å².